The number of hydrogen-bond acceptors (Lipinski definition) is 8. The fourth-order valence-electron chi connectivity index (χ4n) is 4.74. The molecule has 0 bridgehead atoms. The van der Waals surface area contributed by atoms with Gasteiger partial charge in [-0.2, -0.15) is 0 Å². The van der Waals surface area contributed by atoms with Crippen molar-refractivity contribution >= 4 is 5.82 Å². The van der Waals surface area contributed by atoms with Crippen LogP contribution in [0, 0.1) is 11.8 Å². The maximum Gasteiger partial charge on any atom is 0.321 e. The van der Waals surface area contributed by atoms with Gasteiger partial charge in [0.2, 0.25) is 0 Å². The van der Waals surface area contributed by atoms with Crippen LogP contribution in [-0.2, 0) is 6.54 Å². The number of ether oxygens (including phenoxy) is 1. The van der Waals surface area contributed by atoms with Crippen LogP contribution < -0.4 is 10.1 Å². The molecule has 31 heavy (non-hydrogen) atoms. The van der Waals surface area contributed by atoms with Crippen LogP contribution in [-0.4, -0.2) is 55.2 Å². The quantitative estimate of drug-likeness (QED) is 0.631. The standard InChI is InChI=1S/C23H26N6O2/c30-21-11-18-15-29(14-17(18)10-20(21)28-22-12-24-8-9-25-22)13-16-2-4-19(5-3-16)31-23-26-6-1-7-27-23/h1-9,12,17-18,20-21,30H,10-11,13-15H2,(H,25,28)/t17-,18+,20-,21-/m1/s1. The summed E-state index contributed by atoms with van der Waals surface area (Å²) in [6.45, 7) is 2.97. The number of nitrogens with zero attached hydrogens (tertiary/aromatic N) is 5. The highest BCUT2D eigenvalue weighted by Crippen LogP contribution is 2.38. The molecule has 2 aliphatic rings. The normalized spacial score (nSPS) is 25.7. The number of aromatic nitrogens is 4. The SMILES string of the molecule is O[C@@H]1C[C@H]2CN(Cc3ccc(Oc4ncccn4)cc3)C[C@H]2C[C@H]1Nc1cnccn1. The summed E-state index contributed by atoms with van der Waals surface area (Å²) in [4.78, 5) is 19.0. The summed E-state index contributed by atoms with van der Waals surface area (Å²) in [5.41, 5.74) is 1.25. The van der Waals surface area contributed by atoms with Gasteiger partial charge in [-0.1, -0.05) is 12.1 Å². The van der Waals surface area contributed by atoms with Gasteiger partial charge in [0.15, 0.2) is 0 Å². The van der Waals surface area contributed by atoms with Gasteiger partial charge in [0.25, 0.3) is 0 Å². The first-order valence-electron chi connectivity index (χ1n) is 10.7. The monoisotopic (exact) mass is 418 g/mol. The number of rotatable bonds is 6. The zero-order valence-electron chi connectivity index (χ0n) is 17.2. The minimum absolute atomic E-state index is 0.0227. The van der Waals surface area contributed by atoms with Gasteiger partial charge in [-0.15, -0.1) is 0 Å². The number of nitrogens with one attached hydrogen (secondary N) is 1. The van der Waals surface area contributed by atoms with Gasteiger partial charge in [0.05, 0.1) is 18.3 Å². The average molecular weight is 419 g/mol. The van der Waals surface area contributed by atoms with Crippen molar-refractivity contribution in [3.05, 3.63) is 66.9 Å². The lowest BCUT2D eigenvalue weighted by molar-refractivity contribution is 0.0735. The fraction of sp³-hybridized carbons (Fsp3) is 0.391. The molecule has 0 amide bonds. The molecular formula is C23H26N6O2. The molecule has 1 saturated heterocycles. The van der Waals surface area contributed by atoms with Crippen molar-refractivity contribution in [2.75, 3.05) is 18.4 Å². The van der Waals surface area contributed by atoms with Gasteiger partial charge in [-0.3, -0.25) is 9.88 Å². The van der Waals surface area contributed by atoms with E-state index in [-0.39, 0.29) is 12.1 Å². The van der Waals surface area contributed by atoms with Gasteiger partial charge in [-0.05, 0) is 48.4 Å². The minimum atomic E-state index is -0.361. The largest absolute Gasteiger partial charge is 0.424 e. The van der Waals surface area contributed by atoms with Crippen LogP contribution in [0.3, 0.4) is 0 Å². The molecule has 4 atom stereocenters. The smallest absolute Gasteiger partial charge is 0.321 e. The molecule has 0 spiro atoms. The molecule has 0 radical (unpaired) electrons. The van der Waals surface area contributed by atoms with E-state index in [2.05, 4.69) is 42.3 Å². The summed E-state index contributed by atoms with van der Waals surface area (Å²) < 4.78 is 5.67. The fourth-order valence-corrected chi connectivity index (χ4v) is 4.74. The first-order chi connectivity index (χ1) is 15.2. The van der Waals surface area contributed by atoms with Crippen LogP contribution in [0.5, 0.6) is 11.8 Å². The third-order valence-electron chi connectivity index (χ3n) is 6.19. The molecule has 0 unspecified atom stereocenters. The lowest BCUT2D eigenvalue weighted by atomic mass is 9.77. The van der Waals surface area contributed by atoms with E-state index in [1.807, 2.05) is 12.1 Å². The molecule has 1 aliphatic carbocycles. The first-order valence-corrected chi connectivity index (χ1v) is 10.7. The highest BCUT2D eigenvalue weighted by Gasteiger charge is 2.41. The van der Waals surface area contributed by atoms with E-state index in [1.54, 1.807) is 37.1 Å². The summed E-state index contributed by atoms with van der Waals surface area (Å²) in [6.07, 6.45) is 9.76. The van der Waals surface area contributed by atoms with E-state index >= 15 is 0 Å². The molecule has 5 rings (SSSR count). The van der Waals surface area contributed by atoms with E-state index in [1.165, 1.54) is 5.56 Å². The second kappa shape index (κ2) is 8.95. The Kier molecular flexibility index (Phi) is 5.73. The van der Waals surface area contributed by atoms with E-state index in [0.717, 1.165) is 44.0 Å². The van der Waals surface area contributed by atoms with E-state index in [9.17, 15) is 5.11 Å². The summed E-state index contributed by atoms with van der Waals surface area (Å²) in [5, 5.41) is 14.0. The van der Waals surface area contributed by atoms with Crippen molar-refractivity contribution in [1.29, 1.82) is 0 Å². The second-order valence-electron chi connectivity index (χ2n) is 8.37. The lowest BCUT2D eigenvalue weighted by Gasteiger charge is -2.35. The number of anilines is 1. The minimum Gasteiger partial charge on any atom is -0.424 e. The highest BCUT2D eigenvalue weighted by molar-refractivity contribution is 5.32. The molecule has 160 valence electrons. The van der Waals surface area contributed by atoms with E-state index in [4.69, 9.17) is 4.74 Å². The van der Waals surface area contributed by atoms with E-state index < -0.39 is 0 Å². The van der Waals surface area contributed by atoms with Crippen molar-refractivity contribution in [2.45, 2.75) is 31.5 Å². The van der Waals surface area contributed by atoms with Crippen molar-refractivity contribution in [1.82, 2.24) is 24.8 Å². The molecule has 2 N–H and O–H groups in total. The van der Waals surface area contributed by atoms with Crippen molar-refractivity contribution in [2.24, 2.45) is 11.8 Å². The molecule has 2 fully saturated rings. The maximum atomic E-state index is 10.7. The Hall–Kier alpha value is -3.10. The summed E-state index contributed by atoms with van der Waals surface area (Å²) in [5.74, 6) is 2.57. The summed E-state index contributed by atoms with van der Waals surface area (Å²) >= 11 is 0. The van der Waals surface area contributed by atoms with Gasteiger partial charge in [0.1, 0.15) is 11.6 Å². The zero-order valence-corrected chi connectivity index (χ0v) is 17.2. The Bertz CT molecular complexity index is 972. The van der Waals surface area contributed by atoms with Crippen LogP contribution in [0.15, 0.2) is 61.3 Å². The Balaban J connectivity index is 1.16. The number of benzene rings is 1. The molecule has 1 aliphatic heterocycles. The molecule has 1 saturated carbocycles. The van der Waals surface area contributed by atoms with E-state index in [0.29, 0.717) is 17.8 Å². The topological polar surface area (TPSA) is 96.3 Å². The first kappa shape index (κ1) is 19.8. The van der Waals surface area contributed by atoms with Crippen molar-refractivity contribution in [3.63, 3.8) is 0 Å². The van der Waals surface area contributed by atoms with Crippen LogP contribution in [0.4, 0.5) is 5.82 Å². The Labute approximate surface area is 181 Å². The van der Waals surface area contributed by atoms with Crippen LogP contribution in [0.25, 0.3) is 0 Å². The van der Waals surface area contributed by atoms with Crippen molar-refractivity contribution < 1.29 is 9.84 Å². The molecule has 8 heteroatoms. The van der Waals surface area contributed by atoms with Crippen LogP contribution in [0.1, 0.15) is 18.4 Å². The Morgan fingerprint density at radius 2 is 1.74 bits per heavy atom. The molecule has 2 aromatic heterocycles. The predicted molar refractivity (Wildman–Crippen MR) is 115 cm³/mol. The van der Waals surface area contributed by atoms with Gasteiger partial charge in [-0.25, -0.2) is 15.0 Å². The van der Waals surface area contributed by atoms with Gasteiger partial charge in [0, 0.05) is 44.4 Å². The van der Waals surface area contributed by atoms with Gasteiger partial charge >= 0.3 is 6.01 Å². The summed E-state index contributed by atoms with van der Waals surface area (Å²) in [7, 11) is 0. The highest BCUT2D eigenvalue weighted by atomic mass is 16.5. The number of aliphatic hydroxyl groups excluding tert-OH is 1. The number of fused-ring (bicyclic) bond motifs is 1. The van der Waals surface area contributed by atoms with Gasteiger partial charge < -0.3 is 15.2 Å². The van der Waals surface area contributed by atoms with Crippen LogP contribution in [0.2, 0.25) is 0 Å². The molecule has 3 heterocycles. The number of likely N-dealkylation sites (tertiary alicyclic amines) is 1. The summed E-state index contributed by atoms with van der Waals surface area (Å²) in [6, 6.07) is 10.2. The number of hydrogen-bond donors (Lipinski definition) is 2. The lowest BCUT2D eigenvalue weighted by Crippen LogP contribution is -2.43. The average Bonchev–Trinajstić information content (AvgIpc) is 3.17. The molecule has 3 aromatic rings. The molecule has 8 nitrogen and oxygen atoms in total. The Morgan fingerprint density at radius 3 is 2.48 bits per heavy atom. The van der Waals surface area contributed by atoms with Crippen molar-refractivity contribution in [3.8, 4) is 11.8 Å². The van der Waals surface area contributed by atoms with Crippen LogP contribution >= 0.6 is 0 Å². The Morgan fingerprint density at radius 1 is 0.968 bits per heavy atom. The number of aliphatic hydroxyl groups is 1. The third-order valence-corrected chi connectivity index (χ3v) is 6.19. The predicted octanol–water partition coefficient (Wildman–Crippen LogP) is 2.74. The third kappa shape index (κ3) is 4.81. The molecule has 1 aromatic carbocycles. The maximum absolute atomic E-state index is 10.7. The molecular weight excluding hydrogens is 392 g/mol. The second-order valence-corrected chi connectivity index (χ2v) is 8.37. The zero-order chi connectivity index (χ0) is 21.0.